The van der Waals surface area contributed by atoms with Crippen LogP contribution in [-0.4, -0.2) is 41.7 Å². The molecule has 0 saturated carbocycles. The van der Waals surface area contributed by atoms with E-state index in [1.165, 1.54) is 5.57 Å². The summed E-state index contributed by atoms with van der Waals surface area (Å²) in [5.41, 5.74) is 4.55. The van der Waals surface area contributed by atoms with Crippen LogP contribution in [0.5, 0.6) is 0 Å². The fourth-order valence-corrected chi connectivity index (χ4v) is 3.99. The van der Waals surface area contributed by atoms with Crippen LogP contribution < -0.4 is 0 Å². The third kappa shape index (κ3) is 3.08. The van der Waals surface area contributed by atoms with Crippen molar-refractivity contribution in [3.05, 3.63) is 77.4 Å². The molecule has 4 rings (SSSR count). The summed E-state index contributed by atoms with van der Waals surface area (Å²) in [5.74, 6) is 0.178. The number of fused-ring (bicyclic) bond motifs is 1. The van der Waals surface area contributed by atoms with E-state index in [0.29, 0.717) is 0 Å². The molecular formula is C22H23N3O. The van der Waals surface area contributed by atoms with E-state index in [-0.39, 0.29) is 17.9 Å². The molecule has 2 aromatic rings. The topological polar surface area (TPSA) is 35.9 Å². The van der Waals surface area contributed by atoms with Crippen molar-refractivity contribution in [3.8, 4) is 0 Å². The van der Waals surface area contributed by atoms with Gasteiger partial charge in [0, 0.05) is 25.9 Å². The number of piperidine rings is 1. The van der Waals surface area contributed by atoms with Crippen molar-refractivity contribution < 1.29 is 4.79 Å². The second-order valence-electron chi connectivity index (χ2n) is 7.09. The molecule has 0 N–H and O–H groups in total. The summed E-state index contributed by atoms with van der Waals surface area (Å²) >= 11 is 0. The third-order valence-corrected chi connectivity index (χ3v) is 5.09. The second kappa shape index (κ2) is 6.89. The highest BCUT2D eigenvalue weighted by atomic mass is 16.2. The lowest BCUT2D eigenvalue weighted by Crippen LogP contribution is -2.42. The summed E-state index contributed by atoms with van der Waals surface area (Å²) in [6.45, 7) is 3.34. The van der Waals surface area contributed by atoms with Crippen molar-refractivity contribution in [2.45, 2.75) is 13.0 Å². The molecular weight excluding hydrogens is 322 g/mol. The molecule has 132 valence electrons. The van der Waals surface area contributed by atoms with Crippen molar-refractivity contribution in [2.75, 3.05) is 20.1 Å². The first-order valence-corrected chi connectivity index (χ1v) is 9.01. The van der Waals surface area contributed by atoms with Gasteiger partial charge in [-0.25, -0.2) is 5.01 Å². The lowest BCUT2D eigenvalue weighted by Gasteiger charge is -2.34. The lowest BCUT2D eigenvalue weighted by atomic mass is 9.83. The van der Waals surface area contributed by atoms with Crippen molar-refractivity contribution in [2.24, 2.45) is 11.0 Å². The molecule has 4 nitrogen and oxygen atoms in total. The fourth-order valence-electron chi connectivity index (χ4n) is 3.99. The minimum absolute atomic E-state index is 0.0116. The molecule has 2 aromatic carbocycles. The molecule has 1 fully saturated rings. The van der Waals surface area contributed by atoms with Gasteiger partial charge in [-0.2, -0.15) is 5.10 Å². The lowest BCUT2D eigenvalue weighted by molar-refractivity contribution is -0.131. The molecule has 0 aliphatic carbocycles. The van der Waals surface area contributed by atoms with E-state index in [9.17, 15) is 4.79 Å². The Bertz CT molecular complexity index is 857. The van der Waals surface area contributed by atoms with Crippen molar-refractivity contribution >= 4 is 17.7 Å². The molecule has 0 aromatic heterocycles. The summed E-state index contributed by atoms with van der Waals surface area (Å²) in [4.78, 5) is 14.6. The Balaban J connectivity index is 1.77. The number of amides is 1. The second-order valence-corrected chi connectivity index (χ2v) is 7.09. The van der Waals surface area contributed by atoms with Crippen molar-refractivity contribution in [3.63, 3.8) is 0 Å². The van der Waals surface area contributed by atoms with Gasteiger partial charge in [-0.3, -0.25) is 4.79 Å². The maximum Gasteiger partial charge on any atom is 0.240 e. The third-order valence-electron chi connectivity index (χ3n) is 5.09. The molecule has 1 saturated heterocycles. The Hall–Kier alpha value is -2.72. The number of likely N-dealkylation sites (N-methyl/N-ethyl adjacent to an activating group) is 1. The summed E-state index contributed by atoms with van der Waals surface area (Å²) in [7, 11) is 2.13. The summed E-state index contributed by atoms with van der Waals surface area (Å²) in [6, 6.07) is 20.5. The van der Waals surface area contributed by atoms with Gasteiger partial charge in [0.25, 0.3) is 0 Å². The zero-order valence-corrected chi connectivity index (χ0v) is 15.2. The van der Waals surface area contributed by atoms with Crippen molar-refractivity contribution in [1.29, 1.82) is 0 Å². The molecule has 0 bridgehead atoms. The van der Waals surface area contributed by atoms with Gasteiger partial charge in [0.05, 0.1) is 11.8 Å². The quantitative estimate of drug-likeness (QED) is 0.834. The largest absolute Gasteiger partial charge is 0.301 e. The summed E-state index contributed by atoms with van der Waals surface area (Å²) in [6.07, 6.45) is 2.20. The Morgan fingerprint density at radius 1 is 1.08 bits per heavy atom. The Morgan fingerprint density at radius 3 is 2.38 bits per heavy atom. The molecule has 2 aliphatic rings. The number of nitrogens with zero attached hydrogens (tertiary/aromatic N) is 3. The Labute approximate surface area is 154 Å². The number of hydrazone groups is 1. The van der Waals surface area contributed by atoms with Crippen LogP contribution in [0.15, 0.2) is 71.3 Å². The molecule has 0 spiro atoms. The van der Waals surface area contributed by atoms with Gasteiger partial charge in [-0.1, -0.05) is 60.7 Å². The van der Waals surface area contributed by atoms with Gasteiger partial charge in [0.15, 0.2) is 0 Å². The molecule has 1 amide bonds. The minimum atomic E-state index is -0.0365. The highest BCUT2D eigenvalue weighted by Gasteiger charge is 2.44. The first-order chi connectivity index (χ1) is 12.6. The number of benzene rings is 2. The van der Waals surface area contributed by atoms with Crippen LogP contribution in [0.3, 0.4) is 0 Å². The maximum absolute atomic E-state index is 12.3. The molecule has 4 heteroatoms. The van der Waals surface area contributed by atoms with Crippen LogP contribution in [0.25, 0.3) is 6.08 Å². The van der Waals surface area contributed by atoms with E-state index in [1.807, 2.05) is 36.4 Å². The van der Waals surface area contributed by atoms with Gasteiger partial charge in [0.2, 0.25) is 5.91 Å². The first kappa shape index (κ1) is 16.7. The number of rotatable bonds is 2. The fraction of sp³-hybridized carbons (Fsp3) is 0.273. The average Bonchev–Trinajstić information content (AvgIpc) is 3.03. The zero-order chi connectivity index (χ0) is 18.1. The zero-order valence-electron chi connectivity index (χ0n) is 15.2. The predicted octanol–water partition coefficient (Wildman–Crippen LogP) is 3.59. The highest BCUT2D eigenvalue weighted by Crippen LogP contribution is 2.40. The summed E-state index contributed by atoms with van der Waals surface area (Å²) in [5, 5.41) is 6.46. The smallest absolute Gasteiger partial charge is 0.240 e. The molecule has 0 radical (unpaired) electrons. The molecule has 26 heavy (non-hydrogen) atoms. The Kier molecular flexibility index (Phi) is 4.43. The maximum atomic E-state index is 12.3. The monoisotopic (exact) mass is 345 g/mol. The van der Waals surface area contributed by atoms with Gasteiger partial charge < -0.3 is 4.90 Å². The molecule has 2 atom stereocenters. The standard InChI is InChI=1S/C22H23N3O/c1-16(26)25-22(18-11-7-4-8-12-18)20-15-24(2)14-19(21(20)23-25)13-17-9-5-3-6-10-17/h3-13,20,22H,14-15H2,1-2H3/b19-13+. The number of carbonyl (C=O) groups is 1. The molecule has 2 unspecified atom stereocenters. The molecule has 2 heterocycles. The van der Waals surface area contributed by atoms with Crippen LogP contribution >= 0.6 is 0 Å². The van der Waals surface area contributed by atoms with E-state index in [0.717, 1.165) is 29.9 Å². The van der Waals surface area contributed by atoms with Gasteiger partial charge in [0.1, 0.15) is 0 Å². The minimum Gasteiger partial charge on any atom is -0.301 e. The number of carbonyl (C=O) groups excluding carboxylic acids is 1. The van der Waals surface area contributed by atoms with Crippen LogP contribution in [0.1, 0.15) is 24.1 Å². The van der Waals surface area contributed by atoms with E-state index < -0.39 is 0 Å². The number of likely N-dealkylation sites (tertiary alicyclic amines) is 1. The Morgan fingerprint density at radius 2 is 1.73 bits per heavy atom. The normalized spacial score (nSPS) is 24.5. The van der Waals surface area contributed by atoms with E-state index >= 15 is 0 Å². The predicted molar refractivity (Wildman–Crippen MR) is 105 cm³/mol. The number of hydrogen-bond acceptors (Lipinski definition) is 3. The summed E-state index contributed by atoms with van der Waals surface area (Å²) < 4.78 is 0. The van der Waals surface area contributed by atoms with Crippen LogP contribution in [0.4, 0.5) is 0 Å². The van der Waals surface area contributed by atoms with Crippen LogP contribution in [-0.2, 0) is 4.79 Å². The SMILES string of the molecule is CC(=O)N1N=C2/C(=C/c3ccccc3)CN(C)CC2C1c1ccccc1. The van der Waals surface area contributed by atoms with Crippen molar-refractivity contribution in [1.82, 2.24) is 9.91 Å². The van der Waals surface area contributed by atoms with E-state index in [2.05, 4.69) is 42.3 Å². The van der Waals surface area contributed by atoms with Crippen LogP contribution in [0, 0.1) is 5.92 Å². The van der Waals surface area contributed by atoms with Gasteiger partial charge in [-0.15, -0.1) is 0 Å². The van der Waals surface area contributed by atoms with E-state index in [1.54, 1.807) is 11.9 Å². The van der Waals surface area contributed by atoms with Gasteiger partial charge >= 0.3 is 0 Å². The highest BCUT2D eigenvalue weighted by molar-refractivity contribution is 6.08. The number of hydrogen-bond donors (Lipinski definition) is 0. The van der Waals surface area contributed by atoms with Crippen LogP contribution in [0.2, 0.25) is 0 Å². The molecule has 2 aliphatic heterocycles. The van der Waals surface area contributed by atoms with Gasteiger partial charge in [-0.05, 0) is 29.8 Å². The first-order valence-electron chi connectivity index (χ1n) is 9.01. The van der Waals surface area contributed by atoms with E-state index in [4.69, 9.17) is 5.10 Å². The average molecular weight is 345 g/mol.